The van der Waals surface area contributed by atoms with Gasteiger partial charge in [-0.25, -0.2) is 0 Å². The third kappa shape index (κ3) is 13.2. The molecule has 2 aromatic carbocycles. The normalized spacial score (nSPS) is 8.53. The van der Waals surface area contributed by atoms with E-state index in [0.717, 1.165) is 0 Å². The van der Waals surface area contributed by atoms with E-state index >= 15 is 0 Å². The second kappa shape index (κ2) is 25.5. The SMILES string of the molecule is O=C([O-])c1cc(C(=O)[O-])c2c(C(=O)[O-])c(C(=O)[O-])c(C(=O)[O-])c(C(=O)[O-])c2c1C(=O)[O-].[K+].[K+].[K+].[K+].[K+].[K+].[K+]. The van der Waals surface area contributed by atoms with Crippen LogP contribution in [0, 0.1) is 0 Å². The molecule has 2 aromatic rings. The van der Waals surface area contributed by atoms with E-state index in [4.69, 9.17) is 0 Å². The molecule has 160 valence electrons. The summed E-state index contributed by atoms with van der Waals surface area (Å²) in [4.78, 5) is 80.4. The first-order chi connectivity index (χ1) is 14.2. The summed E-state index contributed by atoms with van der Waals surface area (Å²) < 4.78 is 0. The van der Waals surface area contributed by atoms with Crippen molar-refractivity contribution >= 4 is 52.6 Å². The van der Waals surface area contributed by atoms with Crippen molar-refractivity contribution in [2.24, 2.45) is 0 Å². The average molecular weight is 703 g/mol. The third-order valence-corrected chi connectivity index (χ3v) is 4.04. The van der Waals surface area contributed by atoms with Crippen LogP contribution in [0.1, 0.15) is 72.5 Å². The van der Waals surface area contributed by atoms with Crippen LogP contribution >= 0.6 is 0 Å². The second-order valence-electron chi connectivity index (χ2n) is 5.61. The summed E-state index contributed by atoms with van der Waals surface area (Å²) in [5.41, 5.74) is -12.7. The Labute approximate surface area is 510 Å². The number of hydrogen-bond acceptors (Lipinski definition) is 14. The Hall–Kier alpha value is 6.44. The monoisotopic (exact) mass is 702 g/mol. The van der Waals surface area contributed by atoms with E-state index in [1.807, 2.05) is 0 Å². The first kappa shape index (κ1) is 56.8. The minimum absolute atomic E-state index is 0. The molecule has 0 amide bonds. The fourth-order valence-electron chi connectivity index (χ4n) is 3.04. The van der Waals surface area contributed by atoms with Gasteiger partial charge >= 0.3 is 360 Å². The van der Waals surface area contributed by atoms with Crippen molar-refractivity contribution in [3.8, 4) is 0 Å². The van der Waals surface area contributed by atoms with Crippen molar-refractivity contribution in [2.45, 2.75) is 0 Å². The van der Waals surface area contributed by atoms with Crippen LogP contribution in [0.4, 0.5) is 0 Å². The fourth-order valence-corrected chi connectivity index (χ4v) is 3.04. The number of carbonyl (C=O) groups is 7. The van der Waals surface area contributed by atoms with Crippen molar-refractivity contribution in [1.82, 2.24) is 0 Å². The van der Waals surface area contributed by atoms with Gasteiger partial charge in [0.1, 0.15) is 0 Å². The molecule has 0 aliphatic rings. The van der Waals surface area contributed by atoms with Crippen LogP contribution in [0.5, 0.6) is 0 Å². The number of rotatable bonds is 7. The number of carboxylic acid groups (broad SMARTS) is 7. The average Bonchev–Trinajstić information content (AvgIpc) is 2.62. The molecule has 0 atom stereocenters. The second-order valence-corrected chi connectivity index (χ2v) is 5.61. The Balaban J connectivity index is -0.000000366. The topological polar surface area (TPSA) is 281 Å². The van der Waals surface area contributed by atoms with Gasteiger partial charge in [0.25, 0.3) is 0 Å². The number of carboxylic acids is 7. The number of hydrogen-bond donors (Lipinski definition) is 0. The summed E-state index contributed by atoms with van der Waals surface area (Å²) in [6.07, 6.45) is 0. The van der Waals surface area contributed by atoms with E-state index < -0.39 is 91.5 Å². The number of benzene rings is 2. The third-order valence-electron chi connectivity index (χ3n) is 4.04. The first-order valence-electron chi connectivity index (χ1n) is 7.44. The van der Waals surface area contributed by atoms with Crippen LogP contribution in [0.25, 0.3) is 10.8 Å². The molecule has 0 heterocycles. The summed E-state index contributed by atoms with van der Waals surface area (Å²) in [5.74, 6) is -18.2. The largest absolute Gasteiger partial charge is 1.00 e. The molecular formula is C17HK7O14. The van der Waals surface area contributed by atoms with Crippen molar-refractivity contribution in [3.05, 3.63) is 45.0 Å². The minimum Gasteiger partial charge on any atom is -0.545 e. The van der Waals surface area contributed by atoms with E-state index in [1.54, 1.807) is 0 Å². The zero-order valence-electron chi connectivity index (χ0n) is 21.3. The molecule has 14 nitrogen and oxygen atoms in total. The van der Waals surface area contributed by atoms with Crippen LogP contribution in [0.3, 0.4) is 0 Å². The molecule has 0 aromatic heterocycles. The molecule has 38 heavy (non-hydrogen) atoms. The smallest absolute Gasteiger partial charge is 0.545 e. The van der Waals surface area contributed by atoms with Gasteiger partial charge in [0, 0.05) is 49.7 Å². The predicted molar refractivity (Wildman–Crippen MR) is 74.3 cm³/mol. The molecule has 0 aliphatic carbocycles. The number of carbonyl (C=O) groups excluding carboxylic acids is 7. The van der Waals surface area contributed by atoms with Gasteiger partial charge in [-0.3, -0.25) is 0 Å². The van der Waals surface area contributed by atoms with Gasteiger partial charge < -0.3 is 69.3 Å². The van der Waals surface area contributed by atoms with Crippen molar-refractivity contribution < 1.29 is 429 Å². The van der Waals surface area contributed by atoms with Gasteiger partial charge in [0.05, 0.1) is 41.8 Å². The molecule has 0 N–H and O–H groups in total. The molecule has 0 saturated heterocycles. The quantitative estimate of drug-likeness (QED) is 0.242. The maximum atomic E-state index is 11.6. The van der Waals surface area contributed by atoms with Crippen LogP contribution in [-0.2, 0) is 0 Å². The van der Waals surface area contributed by atoms with Gasteiger partial charge in [0.2, 0.25) is 0 Å². The molecule has 0 aliphatic heterocycles. The molecule has 0 radical (unpaired) electrons. The summed E-state index contributed by atoms with van der Waals surface area (Å²) in [6.45, 7) is 0. The van der Waals surface area contributed by atoms with E-state index in [2.05, 4.69) is 0 Å². The first-order valence-corrected chi connectivity index (χ1v) is 7.44. The number of fused-ring (bicyclic) bond motifs is 1. The molecule has 0 unspecified atom stereocenters. The maximum Gasteiger partial charge on any atom is 1.00 e. The molecule has 0 saturated carbocycles. The Morgan fingerprint density at radius 2 is 0.605 bits per heavy atom. The molecule has 0 fully saturated rings. The van der Waals surface area contributed by atoms with E-state index in [0.29, 0.717) is 0 Å². The van der Waals surface area contributed by atoms with Crippen molar-refractivity contribution in [1.29, 1.82) is 0 Å². The Bertz CT molecular complexity index is 1290. The number of aromatic carboxylic acids is 7. The van der Waals surface area contributed by atoms with Crippen LogP contribution in [-0.4, -0.2) is 41.8 Å². The van der Waals surface area contributed by atoms with Crippen LogP contribution in [0.2, 0.25) is 0 Å². The van der Waals surface area contributed by atoms with Crippen molar-refractivity contribution in [2.75, 3.05) is 0 Å². The fraction of sp³-hybridized carbons (Fsp3) is 0. The molecule has 2 rings (SSSR count). The zero-order valence-corrected chi connectivity index (χ0v) is 43.2. The summed E-state index contributed by atoms with van der Waals surface area (Å²) in [5, 5.41) is 77.2. The van der Waals surface area contributed by atoms with Crippen LogP contribution < -0.4 is 395 Å². The Morgan fingerprint density at radius 3 is 0.842 bits per heavy atom. The zero-order chi connectivity index (χ0) is 23.9. The molecule has 0 bridgehead atoms. The summed E-state index contributed by atoms with van der Waals surface area (Å²) in [7, 11) is 0. The van der Waals surface area contributed by atoms with Crippen molar-refractivity contribution in [3.63, 3.8) is 0 Å². The molecule has 21 heteroatoms. The van der Waals surface area contributed by atoms with E-state index in [9.17, 15) is 69.3 Å². The Morgan fingerprint density at radius 1 is 0.342 bits per heavy atom. The van der Waals surface area contributed by atoms with E-state index in [1.165, 1.54) is 0 Å². The maximum absolute atomic E-state index is 11.6. The summed E-state index contributed by atoms with van der Waals surface area (Å²) >= 11 is 0. The predicted octanol–water partition coefficient (Wildman–Crippen LogP) is -29.6. The van der Waals surface area contributed by atoms with Gasteiger partial charge in [0.15, 0.2) is 0 Å². The van der Waals surface area contributed by atoms with Crippen LogP contribution in [0.15, 0.2) is 6.07 Å². The van der Waals surface area contributed by atoms with Gasteiger partial charge in [-0.05, 0) is 6.07 Å². The standard InChI is InChI=1S/C17H8O14.7K/c18-11(19)2-1-3(12(20)21)5(13(22)23)6-4(2)7(14(24)25)9(16(28)29)10(17(30)31)8(6)15(26)27;;;;;;;/h1H,(H,18,19)(H,20,21)(H,22,23)(H,24,25)(H,26,27)(H,28,29)(H,30,31);;;;;;;/q;7*+1/p-7. The van der Waals surface area contributed by atoms with Gasteiger partial charge in [-0.1, -0.05) is 0 Å². The molecule has 0 spiro atoms. The van der Waals surface area contributed by atoms with Gasteiger partial charge in [-0.2, -0.15) is 0 Å². The summed E-state index contributed by atoms with van der Waals surface area (Å²) in [6, 6.07) is -0.0403. The van der Waals surface area contributed by atoms with E-state index in [-0.39, 0.29) is 366 Å². The molecular weight excluding hydrogens is 702 g/mol. The Kier molecular flexibility index (Phi) is 38.0. The minimum atomic E-state index is -2.71. The van der Waals surface area contributed by atoms with Gasteiger partial charge in [-0.15, -0.1) is 0 Å².